The van der Waals surface area contributed by atoms with Crippen LogP contribution in [0.5, 0.6) is 0 Å². The van der Waals surface area contributed by atoms with Crippen LogP contribution in [0, 0.1) is 0 Å². The van der Waals surface area contributed by atoms with Crippen LogP contribution in [0.3, 0.4) is 0 Å². The molecule has 1 aromatic heterocycles. The monoisotopic (exact) mass is 424 g/mol. The highest BCUT2D eigenvalue weighted by molar-refractivity contribution is 6.36. The van der Waals surface area contributed by atoms with Gasteiger partial charge in [0.15, 0.2) is 0 Å². The fourth-order valence-electron chi connectivity index (χ4n) is 2.69. The Morgan fingerprint density at radius 2 is 1.75 bits per heavy atom. The number of anilines is 1. The zero-order valence-electron chi connectivity index (χ0n) is 17.2. The van der Waals surface area contributed by atoms with E-state index in [1.165, 1.54) is 0 Å². The van der Waals surface area contributed by atoms with Crippen molar-refractivity contribution in [1.82, 2.24) is 14.9 Å². The van der Waals surface area contributed by atoms with Gasteiger partial charge in [0.1, 0.15) is 6.33 Å². The minimum atomic E-state index is 0.219. The summed E-state index contributed by atoms with van der Waals surface area (Å²) in [6.07, 6.45) is 4.88. The van der Waals surface area contributed by atoms with Gasteiger partial charge >= 0.3 is 0 Å². The third kappa shape index (κ3) is 7.64. The standard InChI is InChI=1S/C13H16Cl2N2O.C6H8N2.C2H6/c1-2-13(18)17-7-5-16(6-8-17)12-4-3-10(14)9-11(12)15;1-2-6-3-4-7-5-8-6;1-2/h3-4,9H,2,5-8H2,1H3;3-5H,2H2,1H3;1-2H3. The van der Waals surface area contributed by atoms with Crippen LogP contribution in [0.25, 0.3) is 0 Å². The predicted octanol–water partition coefficient (Wildman–Crippen LogP) is 5.12. The lowest BCUT2D eigenvalue weighted by molar-refractivity contribution is -0.131. The van der Waals surface area contributed by atoms with Gasteiger partial charge in [-0.05, 0) is 30.7 Å². The molecule has 0 spiro atoms. The number of carbonyl (C=O) groups is 1. The van der Waals surface area contributed by atoms with E-state index < -0.39 is 0 Å². The van der Waals surface area contributed by atoms with E-state index in [1.54, 1.807) is 18.6 Å². The van der Waals surface area contributed by atoms with Crippen LogP contribution in [0.15, 0.2) is 36.8 Å². The van der Waals surface area contributed by atoms with Crippen molar-refractivity contribution in [3.63, 3.8) is 0 Å². The van der Waals surface area contributed by atoms with Crippen LogP contribution in [-0.4, -0.2) is 47.0 Å². The summed E-state index contributed by atoms with van der Waals surface area (Å²) in [7, 11) is 0. The molecule has 154 valence electrons. The lowest BCUT2D eigenvalue weighted by Gasteiger charge is -2.36. The molecule has 1 aliphatic rings. The van der Waals surface area contributed by atoms with E-state index in [9.17, 15) is 4.79 Å². The molecule has 28 heavy (non-hydrogen) atoms. The summed E-state index contributed by atoms with van der Waals surface area (Å²) < 4.78 is 0. The molecule has 0 unspecified atom stereocenters. The number of hydrogen-bond acceptors (Lipinski definition) is 4. The Morgan fingerprint density at radius 3 is 2.21 bits per heavy atom. The first-order valence-corrected chi connectivity index (χ1v) is 10.5. The van der Waals surface area contributed by atoms with Crippen LogP contribution in [-0.2, 0) is 11.2 Å². The molecule has 0 atom stereocenters. The lowest BCUT2D eigenvalue weighted by Crippen LogP contribution is -2.48. The maximum absolute atomic E-state index is 11.6. The SMILES string of the molecule is CC.CCC(=O)N1CCN(c2ccc(Cl)cc2Cl)CC1.CCc1ccncn1. The van der Waals surface area contributed by atoms with Crippen LogP contribution >= 0.6 is 23.2 Å². The van der Waals surface area contributed by atoms with Gasteiger partial charge in [0.25, 0.3) is 0 Å². The quantitative estimate of drug-likeness (QED) is 0.685. The molecule has 2 aromatic rings. The Kier molecular flexibility index (Phi) is 11.5. The Morgan fingerprint density at radius 1 is 1.07 bits per heavy atom. The Balaban J connectivity index is 0.000000327. The molecule has 0 radical (unpaired) electrons. The number of piperazine rings is 1. The summed E-state index contributed by atoms with van der Waals surface area (Å²) >= 11 is 12.1. The van der Waals surface area contributed by atoms with Gasteiger partial charge in [-0.15, -0.1) is 0 Å². The summed E-state index contributed by atoms with van der Waals surface area (Å²) in [5.74, 6) is 0.219. The average molecular weight is 425 g/mol. The van der Waals surface area contributed by atoms with Crippen molar-refractivity contribution >= 4 is 34.8 Å². The number of benzene rings is 1. The van der Waals surface area contributed by atoms with Crippen LogP contribution in [0.2, 0.25) is 10.0 Å². The van der Waals surface area contributed by atoms with Gasteiger partial charge in [-0.25, -0.2) is 9.97 Å². The first-order valence-electron chi connectivity index (χ1n) is 9.77. The number of aromatic nitrogens is 2. The van der Waals surface area contributed by atoms with E-state index in [1.807, 2.05) is 43.9 Å². The van der Waals surface area contributed by atoms with Crippen LogP contribution in [0.4, 0.5) is 5.69 Å². The van der Waals surface area contributed by atoms with E-state index in [0.717, 1.165) is 44.0 Å². The van der Waals surface area contributed by atoms with Crippen molar-refractivity contribution in [2.45, 2.75) is 40.5 Å². The molecule has 0 aliphatic carbocycles. The molecule has 2 heterocycles. The summed E-state index contributed by atoms with van der Waals surface area (Å²) in [5.41, 5.74) is 2.09. The summed E-state index contributed by atoms with van der Waals surface area (Å²) in [6, 6.07) is 7.44. The first-order chi connectivity index (χ1) is 13.5. The van der Waals surface area contributed by atoms with Gasteiger partial charge in [-0.2, -0.15) is 0 Å². The molecule has 7 heteroatoms. The fourth-order valence-corrected chi connectivity index (χ4v) is 3.21. The highest BCUT2D eigenvalue weighted by Crippen LogP contribution is 2.29. The number of hydrogen-bond donors (Lipinski definition) is 0. The van der Waals surface area contributed by atoms with E-state index in [-0.39, 0.29) is 5.91 Å². The largest absolute Gasteiger partial charge is 0.367 e. The fraction of sp³-hybridized carbons (Fsp3) is 0.476. The van der Waals surface area contributed by atoms with Gasteiger partial charge in [-0.1, -0.05) is 50.9 Å². The van der Waals surface area contributed by atoms with Gasteiger partial charge in [0, 0.05) is 49.5 Å². The van der Waals surface area contributed by atoms with Gasteiger partial charge in [0.05, 0.1) is 10.7 Å². The van der Waals surface area contributed by atoms with Crippen LogP contribution in [0.1, 0.15) is 39.8 Å². The second-order valence-corrected chi connectivity index (χ2v) is 6.72. The number of carbonyl (C=O) groups excluding carboxylic acids is 1. The van der Waals surface area contributed by atoms with Gasteiger partial charge in [0.2, 0.25) is 5.91 Å². The predicted molar refractivity (Wildman–Crippen MR) is 118 cm³/mol. The first kappa shape index (κ1) is 24.2. The van der Waals surface area contributed by atoms with Crippen molar-refractivity contribution in [3.05, 3.63) is 52.5 Å². The molecule has 0 bridgehead atoms. The Labute approximate surface area is 178 Å². The zero-order chi connectivity index (χ0) is 20.9. The molecule has 1 amide bonds. The van der Waals surface area contributed by atoms with E-state index in [2.05, 4.69) is 21.8 Å². The normalized spacial score (nSPS) is 13.1. The van der Waals surface area contributed by atoms with E-state index in [0.29, 0.717) is 16.5 Å². The van der Waals surface area contributed by atoms with Gasteiger partial charge in [-0.3, -0.25) is 4.79 Å². The molecule has 3 rings (SSSR count). The number of nitrogens with zero attached hydrogens (tertiary/aromatic N) is 4. The average Bonchev–Trinajstić information content (AvgIpc) is 2.76. The maximum atomic E-state index is 11.6. The smallest absolute Gasteiger partial charge is 0.222 e. The molecule has 1 saturated heterocycles. The van der Waals surface area contributed by atoms with E-state index >= 15 is 0 Å². The maximum Gasteiger partial charge on any atom is 0.222 e. The molecular weight excluding hydrogens is 395 g/mol. The summed E-state index contributed by atoms with van der Waals surface area (Å²) in [5, 5.41) is 1.31. The van der Waals surface area contributed by atoms with Crippen LogP contribution < -0.4 is 4.90 Å². The Bertz CT molecular complexity index is 705. The lowest BCUT2D eigenvalue weighted by atomic mass is 10.2. The highest BCUT2D eigenvalue weighted by atomic mass is 35.5. The molecule has 1 aromatic carbocycles. The van der Waals surface area contributed by atoms with Crippen molar-refractivity contribution < 1.29 is 4.79 Å². The van der Waals surface area contributed by atoms with Crippen molar-refractivity contribution in [2.75, 3.05) is 31.1 Å². The van der Waals surface area contributed by atoms with Gasteiger partial charge < -0.3 is 9.80 Å². The second kappa shape index (κ2) is 13.3. The van der Waals surface area contributed by atoms with E-state index in [4.69, 9.17) is 23.2 Å². The molecular formula is C21H30Cl2N4O. The van der Waals surface area contributed by atoms with Crippen molar-refractivity contribution in [2.24, 2.45) is 0 Å². The summed E-state index contributed by atoms with van der Waals surface area (Å²) in [4.78, 5) is 23.4. The third-order valence-electron chi connectivity index (χ3n) is 4.19. The summed E-state index contributed by atoms with van der Waals surface area (Å²) in [6.45, 7) is 11.1. The molecule has 1 fully saturated rings. The second-order valence-electron chi connectivity index (χ2n) is 5.87. The highest BCUT2D eigenvalue weighted by Gasteiger charge is 2.21. The van der Waals surface area contributed by atoms with Crippen molar-refractivity contribution in [1.29, 1.82) is 0 Å². The topological polar surface area (TPSA) is 49.3 Å². The number of amides is 1. The minimum Gasteiger partial charge on any atom is -0.367 e. The molecule has 1 aliphatic heterocycles. The molecule has 0 saturated carbocycles. The zero-order valence-corrected chi connectivity index (χ0v) is 18.7. The molecule has 0 N–H and O–H groups in total. The number of halogens is 2. The Hall–Kier alpha value is -1.85. The third-order valence-corrected chi connectivity index (χ3v) is 4.73. The number of aryl methyl sites for hydroxylation is 1. The van der Waals surface area contributed by atoms with Crippen molar-refractivity contribution in [3.8, 4) is 0 Å². The number of rotatable bonds is 3. The minimum absolute atomic E-state index is 0.219. The molecule has 5 nitrogen and oxygen atoms in total.